The third-order valence-corrected chi connectivity index (χ3v) is 8.98. The van der Waals surface area contributed by atoms with E-state index in [0.717, 1.165) is 70.6 Å². The second-order valence-corrected chi connectivity index (χ2v) is 14.5. The molecule has 0 saturated carbocycles. The molecule has 0 amide bonds. The second kappa shape index (κ2) is 36.2. The van der Waals surface area contributed by atoms with Crippen molar-refractivity contribution < 1.29 is 47.5 Å². The number of phosphoric acid groups is 1. The minimum Gasteiger partial charge on any atom is -0.480 e. The summed E-state index contributed by atoms with van der Waals surface area (Å²) >= 11 is 0. The number of nitrogens with two attached hydrogens (primary N) is 1. The van der Waals surface area contributed by atoms with Crippen LogP contribution in [0.2, 0.25) is 0 Å². The van der Waals surface area contributed by atoms with Crippen molar-refractivity contribution in [2.24, 2.45) is 5.73 Å². The fourth-order valence-corrected chi connectivity index (χ4v) is 5.69. The summed E-state index contributed by atoms with van der Waals surface area (Å²) in [5.74, 6) is -2.43. The Labute approximate surface area is 319 Å². The lowest BCUT2D eigenvalue weighted by Gasteiger charge is -2.20. The number of aliphatic carboxylic acids is 1. The Morgan fingerprint density at radius 2 is 1.06 bits per heavy atom. The SMILES string of the molecule is CC/C=C\C/C=C\C/C=C\C/C=C\C/C=C\CCCCCC(=O)OC(COC(=O)CCCCCCCCCCCC)COP(=O)(O)OCC(N)C(=O)O. The quantitative estimate of drug-likeness (QED) is 0.0240. The van der Waals surface area contributed by atoms with Crippen LogP contribution in [-0.4, -0.2) is 59.9 Å². The molecule has 0 aromatic rings. The second-order valence-electron chi connectivity index (χ2n) is 13.0. The standard InChI is InChI=1S/C41H70NO10P/c1-3-5-7-9-11-13-15-16-17-18-19-20-21-22-23-25-27-29-31-33-40(44)52-37(35-50-53(47,48)51-36-38(42)41(45)46)34-49-39(43)32-30-28-26-24-14-12-10-8-6-4-2/h5,7,11,13,16-17,19-20,22-23,37-38H,3-4,6,8-10,12,14-15,18,21,24-36,42H2,1-2H3,(H,45,46)(H,47,48)/b7-5-,13-11-,17-16-,20-19-,23-22-. The topological polar surface area (TPSA) is 172 Å². The number of carboxylic acid groups (broad SMARTS) is 1. The maximum absolute atomic E-state index is 12.6. The average Bonchev–Trinajstić information content (AvgIpc) is 3.13. The molecule has 304 valence electrons. The largest absolute Gasteiger partial charge is 0.480 e. The summed E-state index contributed by atoms with van der Waals surface area (Å²) in [7, 11) is -4.72. The predicted octanol–water partition coefficient (Wildman–Crippen LogP) is 10.00. The molecule has 0 aromatic carbocycles. The third-order valence-electron chi connectivity index (χ3n) is 8.03. The number of carbonyl (C=O) groups excluding carboxylic acids is 2. The summed E-state index contributed by atoms with van der Waals surface area (Å²) in [6, 6.07) is -1.53. The Morgan fingerprint density at radius 1 is 0.604 bits per heavy atom. The van der Waals surface area contributed by atoms with Crippen LogP contribution in [0.25, 0.3) is 0 Å². The van der Waals surface area contributed by atoms with Crippen LogP contribution >= 0.6 is 7.82 Å². The van der Waals surface area contributed by atoms with Crippen molar-refractivity contribution in [2.75, 3.05) is 19.8 Å². The number of unbranched alkanes of at least 4 members (excludes halogenated alkanes) is 12. The number of carboxylic acids is 1. The molecule has 0 radical (unpaired) electrons. The molecule has 0 saturated heterocycles. The molecule has 3 atom stereocenters. The number of hydrogen-bond acceptors (Lipinski definition) is 9. The molecule has 0 aliphatic rings. The van der Waals surface area contributed by atoms with E-state index in [1.54, 1.807) is 0 Å². The van der Waals surface area contributed by atoms with E-state index in [1.807, 2.05) is 0 Å². The van der Waals surface area contributed by atoms with Crippen LogP contribution in [0, 0.1) is 0 Å². The van der Waals surface area contributed by atoms with Crippen molar-refractivity contribution in [3.8, 4) is 0 Å². The average molecular weight is 768 g/mol. The van der Waals surface area contributed by atoms with E-state index in [2.05, 4.69) is 79.1 Å². The Morgan fingerprint density at radius 3 is 1.58 bits per heavy atom. The molecule has 0 aliphatic heterocycles. The van der Waals surface area contributed by atoms with Gasteiger partial charge in [0.2, 0.25) is 0 Å². The van der Waals surface area contributed by atoms with Crippen molar-refractivity contribution in [3.63, 3.8) is 0 Å². The highest BCUT2D eigenvalue weighted by atomic mass is 31.2. The molecule has 11 nitrogen and oxygen atoms in total. The normalized spacial score (nSPS) is 14.5. The first-order valence-electron chi connectivity index (χ1n) is 19.8. The number of esters is 2. The van der Waals surface area contributed by atoms with E-state index >= 15 is 0 Å². The Hall–Kier alpha value is -2.82. The molecule has 0 aromatic heterocycles. The zero-order valence-corrected chi connectivity index (χ0v) is 33.5. The van der Waals surface area contributed by atoms with Crippen molar-refractivity contribution in [1.82, 2.24) is 0 Å². The Bertz CT molecular complexity index is 1130. The number of rotatable bonds is 36. The summed E-state index contributed by atoms with van der Waals surface area (Å²) in [5, 5.41) is 8.86. The lowest BCUT2D eigenvalue weighted by atomic mass is 10.1. The first kappa shape index (κ1) is 50.2. The lowest BCUT2D eigenvalue weighted by Crippen LogP contribution is -2.34. The van der Waals surface area contributed by atoms with Crippen molar-refractivity contribution >= 4 is 25.7 Å². The molecular weight excluding hydrogens is 697 g/mol. The van der Waals surface area contributed by atoms with Gasteiger partial charge in [-0.2, -0.15) is 0 Å². The van der Waals surface area contributed by atoms with Crippen LogP contribution in [0.15, 0.2) is 60.8 Å². The number of phosphoric ester groups is 1. The van der Waals surface area contributed by atoms with Crippen LogP contribution in [0.3, 0.4) is 0 Å². The molecule has 12 heteroatoms. The van der Waals surface area contributed by atoms with Crippen molar-refractivity contribution in [3.05, 3.63) is 60.8 Å². The molecule has 0 heterocycles. The summed E-state index contributed by atoms with van der Waals surface area (Å²) < 4.78 is 32.5. The fourth-order valence-electron chi connectivity index (χ4n) is 4.91. The highest BCUT2D eigenvalue weighted by Crippen LogP contribution is 2.43. The molecule has 0 aliphatic carbocycles. The van der Waals surface area contributed by atoms with Crippen LogP contribution < -0.4 is 5.73 Å². The highest BCUT2D eigenvalue weighted by molar-refractivity contribution is 7.47. The van der Waals surface area contributed by atoms with Gasteiger partial charge in [-0.3, -0.25) is 23.4 Å². The van der Waals surface area contributed by atoms with Crippen molar-refractivity contribution in [2.45, 2.75) is 161 Å². The zero-order valence-electron chi connectivity index (χ0n) is 32.6. The molecule has 0 rings (SSSR count). The monoisotopic (exact) mass is 767 g/mol. The van der Waals surface area contributed by atoms with Gasteiger partial charge in [-0.1, -0.05) is 139 Å². The number of allylic oxidation sites excluding steroid dienone is 10. The van der Waals surface area contributed by atoms with Gasteiger partial charge in [0.1, 0.15) is 12.6 Å². The zero-order chi connectivity index (χ0) is 39.3. The van der Waals surface area contributed by atoms with Crippen LogP contribution in [0.4, 0.5) is 0 Å². The van der Waals surface area contributed by atoms with E-state index in [4.69, 9.17) is 24.8 Å². The number of hydrogen-bond donors (Lipinski definition) is 3. The van der Waals surface area contributed by atoms with Crippen LogP contribution in [0.1, 0.15) is 149 Å². The van der Waals surface area contributed by atoms with Gasteiger partial charge in [0.15, 0.2) is 6.10 Å². The Kier molecular flexibility index (Phi) is 34.2. The minimum absolute atomic E-state index is 0.121. The molecule has 3 unspecified atom stereocenters. The van der Waals surface area contributed by atoms with Gasteiger partial charge in [-0.25, -0.2) is 4.57 Å². The lowest BCUT2D eigenvalue weighted by molar-refractivity contribution is -0.161. The first-order valence-corrected chi connectivity index (χ1v) is 21.3. The molecule has 53 heavy (non-hydrogen) atoms. The van der Waals surface area contributed by atoms with Gasteiger partial charge in [0.05, 0.1) is 13.2 Å². The van der Waals surface area contributed by atoms with Crippen LogP contribution in [0.5, 0.6) is 0 Å². The molecule has 0 bridgehead atoms. The molecule has 0 spiro atoms. The van der Waals surface area contributed by atoms with Crippen LogP contribution in [-0.2, 0) is 37.5 Å². The summed E-state index contributed by atoms with van der Waals surface area (Å²) in [5.41, 5.74) is 5.31. The fraction of sp³-hybridized carbons (Fsp3) is 0.683. The highest BCUT2D eigenvalue weighted by Gasteiger charge is 2.28. The van der Waals surface area contributed by atoms with Gasteiger partial charge >= 0.3 is 25.7 Å². The minimum atomic E-state index is -4.72. The van der Waals surface area contributed by atoms with E-state index in [9.17, 15) is 23.8 Å². The summed E-state index contributed by atoms with van der Waals surface area (Å²) in [6.07, 6.45) is 40.1. The maximum Gasteiger partial charge on any atom is 0.472 e. The van der Waals surface area contributed by atoms with Gasteiger partial charge in [-0.05, 0) is 57.8 Å². The molecular formula is C41H70NO10P. The smallest absolute Gasteiger partial charge is 0.472 e. The first-order chi connectivity index (χ1) is 25.6. The Balaban J connectivity index is 4.48. The summed E-state index contributed by atoms with van der Waals surface area (Å²) in [6.45, 7) is 2.61. The molecule has 0 fully saturated rings. The third kappa shape index (κ3) is 36.0. The van der Waals surface area contributed by atoms with Gasteiger partial charge in [0.25, 0.3) is 0 Å². The van der Waals surface area contributed by atoms with Gasteiger partial charge < -0.3 is 25.2 Å². The maximum atomic E-state index is 12.6. The van der Waals surface area contributed by atoms with Gasteiger partial charge in [0, 0.05) is 12.8 Å². The van der Waals surface area contributed by atoms with E-state index in [0.29, 0.717) is 12.8 Å². The van der Waals surface area contributed by atoms with E-state index < -0.39 is 51.1 Å². The van der Waals surface area contributed by atoms with E-state index in [-0.39, 0.29) is 19.4 Å². The molecule has 4 N–H and O–H groups in total. The number of carbonyl (C=O) groups is 3. The van der Waals surface area contributed by atoms with Gasteiger partial charge in [-0.15, -0.1) is 0 Å². The van der Waals surface area contributed by atoms with E-state index in [1.165, 1.54) is 38.5 Å². The predicted molar refractivity (Wildman–Crippen MR) is 212 cm³/mol. The summed E-state index contributed by atoms with van der Waals surface area (Å²) in [4.78, 5) is 45.7. The number of ether oxygens (including phenoxy) is 2. The van der Waals surface area contributed by atoms with Crippen molar-refractivity contribution in [1.29, 1.82) is 0 Å².